The maximum absolute atomic E-state index is 11.1. The monoisotopic (exact) mass is 218 g/mol. The van der Waals surface area contributed by atoms with Gasteiger partial charge in [0, 0.05) is 13.5 Å². The molecule has 0 aliphatic rings. The van der Waals surface area contributed by atoms with E-state index in [1.165, 1.54) is 7.11 Å². The van der Waals surface area contributed by atoms with Crippen LogP contribution in [0.15, 0.2) is 0 Å². The van der Waals surface area contributed by atoms with Crippen molar-refractivity contribution in [2.45, 2.75) is 45.5 Å². The summed E-state index contributed by atoms with van der Waals surface area (Å²) in [7, 11) is 1.51. The second kappa shape index (κ2) is 7.23. The summed E-state index contributed by atoms with van der Waals surface area (Å²) in [4.78, 5) is 21.3. The second-order valence-corrected chi connectivity index (χ2v) is 3.19. The van der Waals surface area contributed by atoms with Crippen LogP contribution in [0, 0.1) is 0 Å². The molecule has 0 heterocycles. The minimum absolute atomic E-state index is 0.279. The Morgan fingerprint density at radius 3 is 2.33 bits per heavy atom. The molecule has 0 radical (unpaired) electrons. The summed E-state index contributed by atoms with van der Waals surface area (Å²) in [6, 6.07) is 0. The summed E-state index contributed by atoms with van der Waals surface area (Å²) < 4.78 is 14.9. The van der Waals surface area contributed by atoms with Gasteiger partial charge in [-0.1, -0.05) is 6.92 Å². The molecule has 0 saturated heterocycles. The molecule has 0 fully saturated rings. The van der Waals surface area contributed by atoms with E-state index in [2.05, 4.69) is 0 Å². The molecule has 88 valence electrons. The van der Waals surface area contributed by atoms with Gasteiger partial charge in [-0.15, -0.1) is 0 Å². The van der Waals surface area contributed by atoms with E-state index in [4.69, 9.17) is 14.2 Å². The molecule has 0 amide bonds. The fourth-order valence-corrected chi connectivity index (χ4v) is 1.11. The SMILES string of the molecule is CCC(=O)OC(C(C)OC)C(C)OC=O. The normalized spacial score (nSPS) is 16.3. The fourth-order valence-electron chi connectivity index (χ4n) is 1.11. The van der Waals surface area contributed by atoms with Crippen molar-refractivity contribution in [3.63, 3.8) is 0 Å². The standard InChI is InChI=1S/C10H18O5/c1-5-9(12)15-10(7(2)13-4)8(3)14-6-11/h6-8,10H,5H2,1-4H3. The molecule has 5 heteroatoms. The van der Waals surface area contributed by atoms with Gasteiger partial charge in [-0.25, -0.2) is 0 Å². The number of esters is 1. The van der Waals surface area contributed by atoms with Crippen molar-refractivity contribution >= 4 is 12.4 Å². The quantitative estimate of drug-likeness (QED) is 0.469. The van der Waals surface area contributed by atoms with E-state index in [0.29, 0.717) is 6.47 Å². The molecule has 0 N–H and O–H groups in total. The van der Waals surface area contributed by atoms with Crippen molar-refractivity contribution in [1.29, 1.82) is 0 Å². The molecule has 0 spiro atoms. The van der Waals surface area contributed by atoms with E-state index < -0.39 is 12.2 Å². The van der Waals surface area contributed by atoms with Gasteiger partial charge in [-0.05, 0) is 13.8 Å². The Labute approximate surface area is 89.7 Å². The van der Waals surface area contributed by atoms with Crippen molar-refractivity contribution in [2.24, 2.45) is 0 Å². The molecule has 3 unspecified atom stereocenters. The van der Waals surface area contributed by atoms with Gasteiger partial charge in [0.25, 0.3) is 6.47 Å². The number of carbonyl (C=O) groups is 2. The van der Waals surface area contributed by atoms with Gasteiger partial charge in [-0.3, -0.25) is 9.59 Å². The van der Waals surface area contributed by atoms with Crippen molar-refractivity contribution < 1.29 is 23.8 Å². The lowest BCUT2D eigenvalue weighted by atomic mass is 10.1. The largest absolute Gasteiger partial charge is 0.461 e. The van der Waals surface area contributed by atoms with Crippen LogP contribution in [0.4, 0.5) is 0 Å². The Kier molecular flexibility index (Phi) is 6.70. The molecular formula is C10H18O5. The van der Waals surface area contributed by atoms with Crippen LogP contribution in [0.3, 0.4) is 0 Å². The topological polar surface area (TPSA) is 61.8 Å². The van der Waals surface area contributed by atoms with Gasteiger partial charge in [-0.2, -0.15) is 0 Å². The Balaban J connectivity index is 4.42. The van der Waals surface area contributed by atoms with Gasteiger partial charge >= 0.3 is 5.97 Å². The van der Waals surface area contributed by atoms with E-state index >= 15 is 0 Å². The molecule has 5 nitrogen and oxygen atoms in total. The molecule has 0 aliphatic carbocycles. The Bertz CT molecular complexity index is 204. The van der Waals surface area contributed by atoms with Crippen LogP contribution in [0.25, 0.3) is 0 Å². The van der Waals surface area contributed by atoms with Gasteiger partial charge in [0.1, 0.15) is 6.10 Å². The van der Waals surface area contributed by atoms with Gasteiger partial charge in [0.2, 0.25) is 0 Å². The summed E-state index contributed by atoms with van der Waals surface area (Å²) in [6.45, 7) is 5.43. The number of ether oxygens (including phenoxy) is 3. The predicted octanol–water partition coefficient (Wildman–Crippen LogP) is 0.905. The summed E-state index contributed by atoms with van der Waals surface area (Å²) in [6.07, 6.45) is -1.14. The molecule has 0 saturated carbocycles. The lowest BCUT2D eigenvalue weighted by Gasteiger charge is -2.26. The smallest absolute Gasteiger partial charge is 0.306 e. The minimum Gasteiger partial charge on any atom is -0.461 e. The van der Waals surface area contributed by atoms with E-state index in [1.54, 1.807) is 20.8 Å². The Hall–Kier alpha value is -1.10. The third-order valence-electron chi connectivity index (χ3n) is 2.12. The zero-order valence-electron chi connectivity index (χ0n) is 9.56. The lowest BCUT2D eigenvalue weighted by Crippen LogP contribution is -2.40. The van der Waals surface area contributed by atoms with Gasteiger partial charge in [0.15, 0.2) is 6.10 Å². The zero-order valence-corrected chi connectivity index (χ0v) is 9.56. The number of rotatable bonds is 7. The second-order valence-electron chi connectivity index (χ2n) is 3.19. The van der Waals surface area contributed by atoms with Crippen LogP contribution in [-0.2, 0) is 23.8 Å². The number of hydrogen-bond donors (Lipinski definition) is 0. The van der Waals surface area contributed by atoms with Gasteiger partial charge < -0.3 is 14.2 Å². The lowest BCUT2D eigenvalue weighted by molar-refractivity contribution is -0.170. The van der Waals surface area contributed by atoms with E-state index in [9.17, 15) is 9.59 Å². The zero-order chi connectivity index (χ0) is 11.8. The highest BCUT2D eigenvalue weighted by Crippen LogP contribution is 2.11. The first kappa shape index (κ1) is 13.9. The first-order chi connectivity index (χ1) is 7.06. The maximum Gasteiger partial charge on any atom is 0.306 e. The van der Waals surface area contributed by atoms with Crippen molar-refractivity contribution in [1.82, 2.24) is 0 Å². The molecule has 0 rings (SSSR count). The average Bonchev–Trinajstić information content (AvgIpc) is 2.24. The maximum atomic E-state index is 11.1. The molecule has 0 aromatic heterocycles. The van der Waals surface area contributed by atoms with Gasteiger partial charge in [0.05, 0.1) is 6.10 Å². The molecule has 0 aromatic carbocycles. The first-order valence-corrected chi connectivity index (χ1v) is 4.88. The van der Waals surface area contributed by atoms with Crippen LogP contribution >= 0.6 is 0 Å². The first-order valence-electron chi connectivity index (χ1n) is 4.88. The summed E-state index contributed by atoms with van der Waals surface area (Å²) >= 11 is 0. The van der Waals surface area contributed by atoms with E-state index in [-0.39, 0.29) is 18.5 Å². The van der Waals surface area contributed by atoms with E-state index in [1.807, 2.05) is 0 Å². The molecule has 0 aromatic rings. The minimum atomic E-state index is -0.576. The highest BCUT2D eigenvalue weighted by Gasteiger charge is 2.28. The number of methoxy groups -OCH3 is 1. The van der Waals surface area contributed by atoms with Crippen molar-refractivity contribution in [3.8, 4) is 0 Å². The third-order valence-corrected chi connectivity index (χ3v) is 2.12. The predicted molar refractivity (Wildman–Crippen MR) is 53.3 cm³/mol. The van der Waals surface area contributed by atoms with Crippen molar-refractivity contribution in [2.75, 3.05) is 7.11 Å². The van der Waals surface area contributed by atoms with Crippen LogP contribution in [0.5, 0.6) is 0 Å². The average molecular weight is 218 g/mol. The molecule has 15 heavy (non-hydrogen) atoms. The van der Waals surface area contributed by atoms with E-state index in [0.717, 1.165) is 0 Å². The Morgan fingerprint density at radius 1 is 1.33 bits per heavy atom. The summed E-state index contributed by atoms with van der Waals surface area (Å²) in [5.74, 6) is -0.342. The molecular weight excluding hydrogens is 200 g/mol. The van der Waals surface area contributed by atoms with Crippen LogP contribution < -0.4 is 0 Å². The van der Waals surface area contributed by atoms with Crippen molar-refractivity contribution in [3.05, 3.63) is 0 Å². The van der Waals surface area contributed by atoms with Crippen LogP contribution in [-0.4, -0.2) is 37.9 Å². The molecule has 3 atom stereocenters. The molecule has 0 bridgehead atoms. The highest BCUT2D eigenvalue weighted by molar-refractivity contribution is 5.69. The molecule has 0 aliphatic heterocycles. The van der Waals surface area contributed by atoms with Crippen LogP contribution in [0.1, 0.15) is 27.2 Å². The summed E-state index contributed by atoms with van der Waals surface area (Å²) in [5, 5.41) is 0. The number of hydrogen-bond acceptors (Lipinski definition) is 5. The third kappa shape index (κ3) is 4.78. The van der Waals surface area contributed by atoms with Crippen LogP contribution in [0.2, 0.25) is 0 Å². The summed E-state index contributed by atoms with van der Waals surface area (Å²) in [5.41, 5.74) is 0. The Morgan fingerprint density at radius 2 is 1.93 bits per heavy atom. The number of carbonyl (C=O) groups excluding carboxylic acids is 2. The highest BCUT2D eigenvalue weighted by atomic mass is 16.6. The fraction of sp³-hybridized carbons (Fsp3) is 0.800.